The second kappa shape index (κ2) is 9.48. The lowest BCUT2D eigenvalue weighted by atomic mass is 10.2. The molecule has 1 heterocycles. The fourth-order valence-electron chi connectivity index (χ4n) is 3.13. The quantitative estimate of drug-likeness (QED) is 0.731. The van der Waals surface area contributed by atoms with Crippen molar-refractivity contribution < 1.29 is 14.0 Å². The van der Waals surface area contributed by atoms with Gasteiger partial charge in [-0.3, -0.25) is 14.5 Å². The zero-order chi connectivity index (χ0) is 19.1. The van der Waals surface area contributed by atoms with Gasteiger partial charge >= 0.3 is 0 Å². The highest BCUT2D eigenvalue weighted by Crippen LogP contribution is 2.11. The highest BCUT2D eigenvalue weighted by Gasteiger charge is 2.23. The van der Waals surface area contributed by atoms with Crippen molar-refractivity contribution >= 4 is 11.8 Å². The molecule has 1 fully saturated rings. The smallest absolute Gasteiger partial charge is 0.254 e. The van der Waals surface area contributed by atoms with E-state index in [4.69, 9.17) is 0 Å². The molecule has 1 aromatic carbocycles. The second-order valence-corrected chi connectivity index (χ2v) is 6.80. The number of carbonyl (C=O) groups is 2. The van der Waals surface area contributed by atoms with Gasteiger partial charge in [0.05, 0.1) is 6.54 Å². The van der Waals surface area contributed by atoms with Crippen molar-refractivity contribution in [2.24, 2.45) is 0 Å². The number of hydrogen-bond acceptors (Lipinski definition) is 3. The van der Waals surface area contributed by atoms with Crippen molar-refractivity contribution in [1.29, 1.82) is 0 Å². The average molecular weight is 361 g/mol. The SMILES string of the molecule is C=C(C)CN(CC)C(=O)CN1CCCN(C(=O)c2cccc(F)c2)CC1. The van der Waals surface area contributed by atoms with Crippen LogP contribution in [0.1, 0.15) is 30.6 Å². The van der Waals surface area contributed by atoms with Crippen LogP contribution in [0.25, 0.3) is 0 Å². The molecule has 0 bridgehead atoms. The number of nitrogens with zero attached hydrogens (tertiary/aromatic N) is 3. The molecule has 1 saturated heterocycles. The molecule has 2 rings (SSSR count). The van der Waals surface area contributed by atoms with Crippen LogP contribution >= 0.6 is 0 Å². The summed E-state index contributed by atoms with van der Waals surface area (Å²) in [7, 11) is 0. The van der Waals surface area contributed by atoms with Gasteiger partial charge in [-0.25, -0.2) is 4.39 Å². The van der Waals surface area contributed by atoms with Crippen molar-refractivity contribution in [3.63, 3.8) is 0 Å². The predicted octanol–water partition coefficient (Wildman–Crippen LogP) is 2.40. The lowest BCUT2D eigenvalue weighted by Gasteiger charge is -2.26. The minimum absolute atomic E-state index is 0.0837. The summed E-state index contributed by atoms with van der Waals surface area (Å²) in [5, 5.41) is 0. The van der Waals surface area contributed by atoms with E-state index in [0.29, 0.717) is 44.8 Å². The molecule has 26 heavy (non-hydrogen) atoms. The van der Waals surface area contributed by atoms with Crippen molar-refractivity contribution in [3.8, 4) is 0 Å². The molecule has 1 aliphatic rings. The third-order valence-electron chi connectivity index (χ3n) is 4.50. The minimum atomic E-state index is -0.407. The Hall–Kier alpha value is -2.21. The van der Waals surface area contributed by atoms with E-state index in [1.807, 2.05) is 13.8 Å². The third-order valence-corrected chi connectivity index (χ3v) is 4.50. The molecule has 0 radical (unpaired) electrons. The Morgan fingerprint density at radius 3 is 2.65 bits per heavy atom. The summed E-state index contributed by atoms with van der Waals surface area (Å²) in [4.78, 5) is 30.7. The molecular weight excluding hydrogens is 333 g/mol. The molecule has 0 spiro atoms. The topological polar surface area (TPSA) is 43.9 Å². The number of likely N-dealkylation sites (N-methyl/N-ethyl adjacent to an activating group) is 1. The maximum atomic E-state index is 13.4. The highest BCUT2D eigenvalue weighted by atomic mass is 19.1. The van der Waals surface area contributed by atoms with Gasteiger partial charge in [-0.2, -0.15) is 0 Å². The Labute approximate surface area is 155 Å². The van der Waals surface area contributed by atoms with E-state index in [1.54, 1.807) is 21.9 Å². The van der Waals surface area contributed by atoms with Gasteiger partial charge in [-0.05, 0) is 38.5 Å². The summed E-state index contributed by atoms with van der Waals surface area (Å²) in [6, 6.07) is 5.78. The molecule has 0 aromatic heterocycles. The first-order valence-electron chi connectivity index (χ1n) is 9.10. The molecule has 0 N–H and O–H groups in total. The first kappa shape index (κ1) is 20.1. The van der Waals surface area contributed by atoms with Crippen molar-refractivity contribution in [2.75, 3.05) is 45.8 Å². The fraction of sp³-hybridized carbons (Fsp3) is 0.500. The minimum Gasteiger partial charge on any atom is -0.338 e. The normalized spacial score (nSPS) is 15.4. The zero-order valence-corrected chi connectivity index (χ0v) is 15.7. The van der Waals surface area contributed by atoms with Gasteiger partial charge in [-0.15, -0.1) is 0 Å². The summed E-state index contributed by atoms with van der Waals surface area (Å²) in [6.45, 7) is 11.9. The lowest BCUT2D eigenvalue weighted by molar-refractivity contribution is -0.131. The Kier molecular flexibility index (Phi) is 7.33. The van der Waals surface area contributed by atoms with E-state index in [-0.39, 0.29) is 11.8 Å². The largest absolute Gasteiger partial charge is 0.338 e. The van der Waals surface area contributed by atoms with Crippen LogP contribution < -0.4 is 0 Å². The molecule has 1 aliphatic heterocycles. The van der Waals surface area contributed by atoms with Gasteiger partial charge in [0.2, 0.25) is 5.91 Å². The van der Waals surface area contributed by atoms with E-state index in [2.05, 4.69) is 11.5 Å². The van der Waals surface area contributed by atoms with E-state index >= 15 is 0 Å². The Balaban J connectivity index is 1.92. The fourth-order valence-corrected chi connectivity index (χ4v) is 3.13. The summed E-state index contributed by atoms with van der Waals surface area (Å²) < 4.78 is 13.4. The number of amides is 2. The van der Waals surface area contributed by atoms with Crippen LogP contribution in [0.4, 0.5) is 4.39 Å². The molecular formula is C20H28FN3O2. The number of benzene rings is 1. The summed E-state index contributed by atoms with van der Waals surface area (Å²) in [5.74, 6) is -0.481. The first-order valence-corrected chi connectivity index (χ1v) is 9.10. The summed E-state index contributed by atoms with van der Waals surface area (Å²) in [5.41, 5.74) is 1.33. The number of rotatable bonds is 6. The van der Waals surface area contributed by atoms with Gasteiger partial charge in [0.15, 0.2) is 0 Å². The Morgan fingerprint density at radius 1 is 1.23 bits per heavy atom. The van der Waals surface area contributed by atoms with Crippen LogP contribution in [0.3, 0.4) is 0 Å². The first-order chi connectivity index (χ1) is 12.4. The maximum absolute atomic E-state index is 13.4. The Bertz CT molecular complexity index is 662. The summed E-state index contributed by atoms with van der Waals surface area (Å²) >= 11 is 0. The van der Waals surface area contributed by atoms with Crippen LogP contribution in [0.15, 0.2) is 36.4 Å². The van der Waals surface area contributed by atoms with Crippen LogP contribution in [0.2, 0.25) is 0 Å². The number of halogens is 1. The molecule has 142 valence electrons. The van der Waals surface area contributed by atoms with E-state index in [1.165, 1.54) is 12.1 Å². The molecule has 2 amide bonds. The van der Waals surface area contributed by atoms with Gasteiger partial charge in [0, 0.05) is 44.8 Å². The predicted molar refractivity (Wildman–Crippen MR) is 100 cm³/mol. The molecule has 0 saturated carbocycles. The molecule has 6 heteroatoms. The zero-order valence-electron chi connectivity index (χ0n) is 15.7. The molecule has 5 nitrogen and oxygen atoms in total. The van der Waals surface area contributed by atoms with Crippen LogP contribution in [-0.2, 0) is 4.79 Å². The van der Waals surface area contributed by atoms with Gasteiger partial charge < -0.3 is 9.80 Å². The van der Waals surface area contributed by atoms with Crippen LogP contribution in [-0.4, -0.2) is 72.3 Å². The van der Waals surface area contributed by atoms with E-state index < -0.39 is 5.82 Å². The molecule has 1 aromatic rings. The third kappa shape index (κ3) is 5.66. The number of hydrogen-bond donors (Lipinski definition) is 0. The molecule has 0 unspecified atom stereocenters. The van der Waals surface area contributed by atoms with Crippen molar-refractivity contribution in [3.05, 3.63) is 47.8 Å². The highest BCUT2D eigenvalue weighted by molar-refractivity contribution is 5.94. The van der Waals surface area contributed by atoms with E-state index in [9.17, 15) is 14.0 Å². The maximum Gasteiger partial charge on any atom is 0.254 e. The molecule has 0 aliphatic carbocycles. The van der Waals surface area contributed by atoms with Crippen LogP contribution in [0, 0.1) is 5.82 Å². The number of carbonyl (C=O) groups excluding carboxylic acids is 2. The standard InChI is InChI=1S/C20H28FN3O2/c1-4-23(14-16(2)3)19(25)15-22-9-6-10-24(12-11-22)20(26)17-7-5-8-18(21)13-17/h5,7-8,13H,2,4,6,9-12,14-15H2,1,3H3. The average Bonchev–Trinajstić information content (AvgIpc) is 2.84. The summed E-state index contributed by atoms with van der Waals surface area (Å²) in [6.07, 6.45) is 0.793. The van der Waals surface area contributed by atoms with Gasteiger partial charge in [0.1, 0.15) is 5.82 Å². The van der Waals surface area contributed by atoms with Crippen molar-refractivity contribution in [1.82, 2.24) is 14.7 Å². The lowest BCUT2D eigenvalue weighted by Crippen LogP contribution is -2.42. The van der Waals surface area contributed by atoms with Crippen LogP contribution in [0.5, 0.6) is 0 Å². The van der Waals surface area contributed by atoms with Crippen molar-refractivity contribution in [2.45, 2.75) is 20.3 Å². The van der Waals surface area contributed by atoms with Gasteiger partial charge in [0.25, 0.3) is 5.91 Å². The second-order valence-electron chi connectivity index (χ2n) is 6.80. The molecule has 0 atom stereocenters. The van der Waals surface area contributed by atoms with E-state index in [0.717, 1.165) is 18.5 Å². The monoisotopic (exact) mass is 361 g/mol. The Morgan fingerprint density at radius 2 is 2.00 bits per heavy atom. The van der Waals surface area contributed by atoms with Gasteiger partial charge in [-0.1, -0.05) is 18.2 Å².